The summed E-state index contributed by atoms with van der Waals surface area (Å²) in [6, 6.07) is 0. The van der Waals surface area contributed by atoms with E-state index in [1.54, 1.807) is 13.8 Å². The van der Waals surface area contributed by atoms with Crippen molar-refractivity contribution < 1.29 is 62.6 Å². The third-order valence-electron chi connectivity index (χ3n) is 9.22. The van der Waals surface area contributed by atoms with E-state index in [1.807, 2.05) is 0 Å². The number of carbonyl (C=O) groups excluding carboxylic acids is 5. The van der Waals surface area contributed by atoms with Gasteiger partial charge in [0, 0.05) is 46.5 Å². The smallest absolute Gasteiger partial charge is 0.342 e. The molecule has 2 aliphatic carbocycles. The summed E-state index contributed by atoms with van der Waals surface area (Å²) in [7, 11) is 0. The van der Waals surface area contributed by atoms with Gasteiger partial charge in [-0.3, -0.25) is 19.2 Å². The van der Waals surface area contributed by atoms with Gasteiger partial charge >= 0.3 is 29.8 Å². The van der Waals surface area contributed by atoms with Crippen molar-refractivity contribution in [2.24, 2.45) is 11.3 Å². The Labute approximate surface area is 237 Å². The molecule has 2 saturated heterocycles. The van der Waals surface area contributed by atoms with Crippen molar-refractivity contribution >= 4 is 29.8 Å². The summed E-state index contributed by atoms with van der Waals surface area (Å²) in [6.45, 7) is 10.7. The molecule has 11 atom stereocenters. The van der Waals surface area contributed by atoms with Crippen LogP contribution in [0.1, 0.15) is 68.2 Å². The molecule has 0 aromatic heterocycles. The standard InChI is InChI=1S/C28H38O13/c1-12-9-21-28(27(8,41-28)24(34)40-21)23(39-16(5)32)22-25(6,19(37-14(3)30)10-17(12)36-13(2)29)20(38-15(4)31)11-18(33)26(22,7)35/h9,17-23,33,35H,10-11H2,1-8H3. The molecule has 0 aromatic rings. The summed E-state index contributed by atoms with van der Waals surface area (Å²) >= 11 is 0. The maximum Gasteiger partial charge on any atom is 0.342 e. The van der Waals surface area contributed by atoms with Crippen molar-refractivity contribution in [2.75, 3.05) is 0 Å². The molecule has 4 aliphatic rings. The van der Waals surface area contributed by atoms with Crippen LogP contribution in [0.4, 0.5) is 0 Å². The van der Waals surface area contributed by atoms with Crippen molar-refractivity contribution in [2.45, 2.75) is 122 Å². The lowest BCUT2D eigenvalue weighted by atomic mass is 9.51. The van der Waals surface area contributed by atoms with Crippen LogP contribution in [-0.2, 0) is 52.4 Å². The van der Waals surface area contributed by atoms with Crippen molar-refractivity contribution in [3.63, 3.8) is 0 Å². The maximum absolute atomic E-state index is 13.1. The second-order valence-electron chi connectivity index (χ2n) is 12.0. The van der Waals surface area contributed by atoms with Gasteiger partial charge in [0.25, 0.3) is 0 Å². The van der Waals surface area contributed by atoms with Gasteiger partial charge in [-0.1, -0.05) is 6.92 Å². The summed E-state index contributed by atoms with van der Waals surface area (Å²) < 4.78 is 34.8. The number of ether oxygens (including phenoxy) is 6. The van der Waals surface area contributed by atoms with Crippen LogP contribution in [0, 0.1) is 11.3 Å². The molecule has 41 heavy (non-hydrogen) atoms. The van der Waals surface area contributed by atoms with Gasteiger partial charge in [-0.2, -0.15) is 0 Å². The van der Waals surface area contributed by atoms with E-state index in [2.05, 4.69) is 0 Å². The van der Waals surface area contributed by atoms with Crippen LogP contribution in [0.3, 0.4) is 0 Å². The summed E-state index contributed by atoms with van der Waals surface area (Å²) in [4.78, 5) is 62.8. The first-order valence-electron chi connectivity index (χ1n) is 13.5. The normalized spacial score (nSPS) is 45.0. The molecule has 2 aliphatic heterocycles. The van der Waals surface area contributed by atoms with Gasteiger partial charge in [-0.15, -0.1) is 0 Å². The van der Waals surface area contributed by atoms with Gasteiger partial charge in [0.2, 0.25) is 0 Å². The molecule has 4 rings (SSSR count). The van der Waals surface area contributed by atoms with E-state index >= 15 is 0 Å². The van der Waals surface area contributed by atoms with Crippen molar-refractivity contribution in [3.8, 4) is 0 Å². The lowest BCUT2D eigenvalue weighted by molar-refractivity contribution is -0.275. The average Bonchev–Trinajstić information content (AvgIpc) is 3.40. The molecule has 2 heterocycles. The van der Waals surface area contributed by atoms with E-state index in [4.69, 9.17) is 28.4 Å². The molecule has 3 fully saturated rings. The van der Waals surface area contributed by atoms with Gasteiger partial charge in [0.05, 0.1) is 17.1 Å². The summed E-state index contributed by atoms with van der Waals surface area (Å²) in [5, 5.41) is 23.3. The minimum absolute atomic E-state index is 0.170. The Kier molecular flexibility index (Phi) is 7.58. The fraction of sp³-hybridized carbons (Fsp3) is 0.750. The molecule has 228 valence electrons. The van der Waals surface area contributed by atoms with Crippen LogP contribution >= 0.6 is 0 Å². The lowest BCUT2D eigenvalue weighted by Crippen LogP contribution is -2.72. The molecule has 0 amide bonds. The third-order valence-corrected chi connectivity index (χ3v) is 9.22. The molecule has 13 nitrogen and oxygen atoms in total. The topological polar surface area (TPSA) is 184 Å². The largest absolute Gasteiger partial charge is 0.462 e. The second kappa shape index (κ2) is 10.1. The van der Waals surface area contributed by atoms with Gasteiger partial charge in [0.1, 0.15) is 24.4 Å². The highest BCUT2D eigenvalue weighted by molar-refractivity contribution is 5.89. The van der Waals surface area contributed by atoms with E-state index in [-0.39, 0.29) is 12.8 Å². The number of hydrogen-bond acceptors (Lipinski definition) is 13. The van der Waals surface area contributed by atoms with E-state index in [9.17, 15) is 34.2 Å². The highest BCUT2D eigenvalue weighted by atomic mass is 16.7. The highest BCUT2D eigenvalue weighted by Crippen LogP contribution is 2.66. The van der Waals surface area contributed by atoms with Crippen molar-refractivity contribution in [1.29, 1.82) is 0 Å². The molecule has 2 N–H and O–H groups in total. The SMILES string of the molecule is CC(=O)OC1CC(OC(C)=O)C2(C)C(OC(C)=O)CC(O)C(C)(O)C2C(OC(C)=O)C23OC2(C)C(=O)OC3C=C1C. The molecular formula is C28H38O13. The first kappa shape index (κ1) is 30.9. The third kappa shape index (κ3) is 4.71. The second-order valence-corrected chi connectivity index (χ2v) is 12.0. The summed E-state index contributed by atoms with van der Waals surface area (Å²) in [6.07, 6.45) is -6.57. The van der Waals surface area contributed by atoms with Crippen molar-refractivity contribution in [3.05, 3.63) is 11.6 Å². The first-order valence-corrected chi connectivity index (χ1v) is 13.5. The number of fused-ring (bicyclic) bond motifs is 1. The Balaban J connectivity index is 2.09. The van der Waals surface area contributed by atoms with E-state index in [0.29, 0.717) is 5.57 Å². The minimum Gasteiger partial charge on any atom is -0.462 e. The number of rotatable bonds is 4. The molecule has 1 saturated carbocycles. The first-order chi connectivity index (χ1) is 18.8. The van der Waals surface area contributed by atoms with Crippen LogP contribution in [0.15, 0.2) is 11.6 Å². The molecule has 0 bridgehead atoms. The Hall–Kier alpha value is -3.03. The molecular weight excluding hydrogens is 544 g/mol. The van der Waals surface area contributed by atoms with E-state index in [0.717, 1.165) is 13.8 Å². The monoisotopic (exact) mass is 582 g/mol. The predicted octanol–water partition coefficient (Wildman–Crippen LogP) is 0.654. The number of aliphatic hydroxyl groups is 2. The maximum atomic E-state index is 13.1. The van der Waals surface area contributed by atoms with Crippen LogP contribution < -0.4 is 0 Å². The quantitative estimate of drug-likeness (QED) is 0.204. The van der Waals surface area contributed by atoms with Crippen LogP contribution in [0.2, 0.25) is 0 Å². The predicted molar refractivity (Wildman–Crippen MR) is 136 cm³/mol. The van der Waals surface area contributed by atoms with Crippen LogP contribution in [-0.4, -0.2) is 93.5 Å². The zero-order chi connectivity index (χ0) is 30.9. The zero-order valence-electron chi connectivity index (χ0n) is 24.4. The zero-order valence-corrected chi connectivity index (χ0v) is 24.4. The molecule has 1 spiro atoms. The fourth-order valence-corrected chi connectivity index (χ4v) is 7.23. The lowest BCUT2D eigenvalue weighted by Gasteiger charge is -2.59. The molecule has 11 unspecified atom stereocenters. The van der Waals surface area contributed by atoms with Gasteiger partial charge in [0.15, 0.2) is 17.3 Å². The summed E-state index contributed by atoms with van der Waals surface area (Å²) in [5.41, 5.74) is -6.61. The number of aliphatic hydroxyl groups excluding tert-OH is 1. The Bertz CT molecular complexity index is 1190. The Morgan fingerprint density at radius 3 is 1.88 bits per heavy atom. The van der Waals surface area contributed by atoms with Crippen molar-refractivity contribution in [1.82, 2.24) is 0 Å². The Morgan fingerprint density at radius 2 is 1.39 bits per heavy atom. The number of epoxide rings is 1. The fourth-order valence-electron chi connectivity index (χ4n) is 7.23. The number of esters is 5. The molecule has 13 heteroatoms. The number of carbonyl (C=O) groups is 5. The average molecular weight is 583 g/mol. The number of hydrogen-bond donors (Lipinski definition) is 2. The minimum atomic E-state index is -2.09. The van der Waals surface area contributed by atoms with Crippen LogP contribution in [0.25, 0.3) is 0 Å². The van der Waals surface area contributed by atoms with Crippen LogP contribution in [0.5, 0.6) is 0 Å². The van der Waals surface area contributed by atoms with Gasteiger partial charge in [-0.25, -0.2) is 4.79 Å². The highest BCUT2D eigenvalue weighted by Gasteiger charge is 2.88. The van der Waals surface area contributed by atoms with E-state index < -0.39 is 94.6 Å². The van der Waals surface area contributed by atoms with E-state index in [1.165, 1.54) is 33.8 Å². The molecule has 0 aromatic carbocycles. The Morgan fingerprint density at radius 1 is 0.878 bits per heavy atom. The van der Waals surface area contributed by atoms with Gasteiger partial charge in [-0.05, 0) is 32.4 Å². The van der Waals surface area contributed by atoms with Gasteiger partial charge < -0.3 is 38.6 Å². The summed E-state index contributed by atoms with van der Waals surface area (Å²) in [5.74, 6) is -5.02. The molecule has 0 radical (unpaired) electrons.